The number of carbonyl (C=O) groups is 1. The summed E-state index contributed by atoms with van der Waals surface area (Å²) in [7, 11) is 0. The van der Waals surface area contributed by atoms with Crippen LogP contribution in [-0.2, 0) is 24.0 Å². The first-order chi connectivity index (χ1) is 13.1. The van der Waals surface area contributed by atoms with Crippen LogP contribution < -0.4 is 4.74 Å². The van der Waals surface area contributed by atoms with Gasteiger partial charge >= 0.3 is 12.1 Å². The molecule has 2 aromatic heterocycles. The van der Waals surface area contributed by atoms with Crippen molar-refractivity contribution in [2.24, 2.45) is 0 Å². The number of carboxylic acid groups (broad SMARTS) is 1. The maximum atomic E-state index is 12.7. The number of hydrogen-bond acceptors (Lipinski definition) is 4. The highest BCUT2D eigenvalue weighted by molar-refractivity contribution is 7.20. The third-order valence-electron chi connectivity index (χ3n) is 3.91. The van der Waals surface area contributed by atoms with Gasteiger partial charge in [0, 0.05) is 27.6 Å². The van der Waals surface area contributed by atoms with Crippen molar-refractivity contribution in [2.75, 3.05) is 0 Å². The van der Waals surface area contributed by atoms with Crippen LogP contribution in [0, 0.1) is 6.92 Å². The van der Waals surface area contributed by atoms with E-state index in [2.05, 4.69) is 4.98 Å². The lowest BCUT2D eigenvalue weighted by Gasteiger charge is -2.13. The Morgan fingerprint density at radius 1 is 1.29 bits per heavy atom. The number of pyridine rings is 1. The number of aromatic nitrogens is 1. The molecule has 1 aromatic carbocycles. The van der Waals surface area contributed by atoms with Crippen molar-refractivity contribution in [3.05, 3.63) is 56.1 Å². The molecular weight excluding hydrogens is 438 g/mol. The lowest BCUT2D eigenvalue weighted by Crippen LogP contribution is -2.10. The normalized spacial score (nSPS) is 11.8. The first kappa shape index (κ1) is 20.7. The first-order valence-corrected chi connectivity index (χ1v) is 9.42. The number of thiophene rings is 1. The van der Waals surface area contributed by atoms with Crippen molar-refractivity contribution < 1.29 is 27.8 Å². The fourth-order valence-electron chi connectivity index (χ4n) is 2.55. The molecule has 28 heavy (non-hydrogen) atoms. The summed E-state index contributed by atoms with van der Waals surface area (Å²) in [5.41, 5.74) is -0.309. The SMILES string of the molecule is Cc1nc(C(F)(F)F)ccc1COc1cc(Cl)c2cc(CC(=O)O)sc2c1Cl. The largest absolute Gasteiger partial charge is 0.487 e. The van der Waals surface area contributed by atoms with Gasteiger partial charge in [-0.25, -0.2) is 4.98 Å². The average molecular weight is 450 g/mol. The summed E-state index contributed by atoms with van der Waals surface area (Å²) in [5, 5.41) is 10.1. The highest BCUT2D eigenvalue weighted by atomic mass is 35.5. The summed E-state index contributed by atoms with van der Waals surface area (Å²) in [6.45, 7) is 1.41. The minimum absolute atomic E-state index is 0.0497. The molecule has 3 aromatic rings. The summed E-state index contributed by atoms with van der Waals surface area (Å²) in [6.07, 6.45) is -4.67. The number of rotatable bonds is 5. The molecule has 0 radical (unpaired) electrons. The van der Waals surface area contributed by atoms with E-state index >= 15 is 0 Å². The number of hydrogen-bond donors (Lipinski definition) is 1. The first-order valence-electron chi connectivity index (χ1n) is 7.85. The molecule has 0 spiro atoms. The zero-order valence-corrected chi connectivity index (χ0v) is 16.6. The highest BCUT2D eigenvalue weighted by Crippen LogP contribution is 2.42. The van der Waals surface area contributed by atoms with Crippen LogP contribution in [0.15, 0.2) is 24.3 Å². The molecule has 3 rings (SSSR count). The Bertz CT molecular complexity index is 1070. The van der Waals surface area contributed by atoms with Crippen molar-refractivity contribution >= 4 is 50.6 Å². The van der Waals surface area contributed by atoms with Gasteiger partial charge in [-0.1, -0.05) is 29.3 Å². The van der Waals surface area contributed by atoms with E-state index < -0.39 is 17.8 Å². The van der Waals surface area contributed by atoms with Crippen LogP contribution in [0.25, 0.3) is 10.1 Å². The van der Waals surface area contributed by atoms with Gasteiger partial charge in [-0.15, -0.1) is 11.3 Å². The number of nitrogens with zero attached hydrogens (tertiary/aromatic N) is 1. The fourth-order valence-corrected chi connectivity index (χ4v) is 4.28. The van der Waals surface area contributed by atoms with Crippen molar-refractivity contribution in [2.45, 2.75) is 26.1 Å². The molecule has 0 saturated carbocycles. The quantitative estimate of drug-likeness (QED) is 0.508. The molecule has 0 amide bonds. The Labute approximate surface area is 171 Å². The number of halogens is 5. The maximum Gasteiger partial charge on any atom is 0.433 e. The van der Waals surface area contributed by atoms with E-state index in [9.17, 15) is 18.0 Å². The van der Waals surface area contributed by atoms with Gasteiger partial charge in [-0.3, -0.25) is 4.79 Å². The standard InChI is InChI=1S/C18H12Cl2F3NO3S/c1-8-9(2-3-14(24-8)18(21,22)23)7-27-13-6-12(19)11-4-10(5-15(25)26)28-17(11)16(13)20/h2-4,6H,5,7H2,1H3,(H,25,26). The number of aryl methyl sites for hydroxylation is 1. The number of aliphatic carboxylic acids is 1. The number of benzene rings is 1. The lowest BCUT2D eigenvalue weighted by molar-refractivity contribution is -0.141. The molecule has 0 saturated heterocycles. The van der Waals surface area contributed by atoms with E-state index in [0.717, 1.165) is 6.07 Å². The number of fused-ring (bicyclic) bond motifs is 1. The monoisotopic (exact) mass is 449 g/mol. The van der Waals surface area contributed by atoms with E-state index in [1.165, 1.54) is 30.4 Å². The molecular formula is C18H12Cl2F3NO3S. The van der Waals surface area contributed by atoms with E-state index in [4.69, 9.17) is 33.0 Å². The predicted molar refractivity (Wildman–Crippen MR) is 101 cm³/mol. The summed E-state index contributed by atoms with van der Waals surface area (Å²) in [5.74, 6) is -0.720. The molecule has 0 bridgehead atoms. The molecule has 10 heteroatoms. The second kappa shape index (κ2) is 7.77. The summed E-state index contributed by atoms with van der Waals surface area (Å²) in [4.78, 5) is 15.0. The fraction of sp³-hybridized carbons (Fsp3) is 0.222. The molecule has 0 aliphatic rings. The molecule has 0 aliphatic heterocycles. The van der Waals surface area contributed by atoms with Gasteiger partial charge in [0.25, 0.3) is 0 Å². The molecule has 4 nitrogen and oxygen atoms in total. The average Bonchev–Trinajstić information content (AvgIpc) is 3.00. The van der Waals surface area contributed by atoms with E-state index in [1.807, 2.05) is 0 Å². The van der Waals surface area contributed by atoms with Crippen LogP contribution in [0.5, 0.6) is 5.75 Å². The van der Waals surface area contributed by atoms with Crippen LogP contribution in [0.3, 0.4) is 0 Å². The zero-order chi connectivity index (χ0) is 20.6. The van der Waals surface area contributed by atoms with Gasteiger partial charge in [0.2, 0.25) is 0 Å². The van der Waals surface area contributed by atoms with Crippen LogP contribution in [0.4, 0.5) is 13.2 Å². The van der Waals surface area contributed by atoms with Crippen molar-refractivity contribution in [3.8, 4) is 5.75 Å². The molecule has 148 valence electrons. The lowest BCUT2D eigenvalue weighted by atomic mass is 10.2. The summed E-state index contributed by atoms with van der Waals surface area (Å²) >= 11 is 13.8. The molecule has 0 fully saturated rings. The van der Waals surface area contributed by atoms with Gasteiger partial charge < -0.3 is 9.84 Å². The highest BCUT2D eigenvalue weighted by Gasteiger charge is 2.32. The van der Waals surface area contributed by atoms with Gasteiger partial charge in [-0.05, 0) is 19.1 Å². The molecule has 1 N–H and O–H groups in total. The number of ether oxygens (including phenoxy) is 1. The molecule has 2 heterocycles. The van der Waals surface area contributed by atoms with Crippen molar-refractivity contribution in [1.29, 1.82) is 0 Å². The van der Waals surface area contributed by atoms with E-state index in [1.54, 1.807) is 6.07 Å². The van der Waals surface area contributed by atoms with Crippen LogP contribution in [0.2, 0.25) is 10.0 Å². The molecule has 0 unspecified atom stereocenters. The van der Waals surface area contributed by atoms with Gasteiger partial charge in [0.15, 0.2) is 0 Å². The zero-order valence-electron chi connectivity index (χ0n) is 14.2. The Hall–Kier alpha value is -2.03. The van der Waals surface area contributed by atoms with Gasteiger partial charge in [-0.2, -0.15) is 13.2 Å². The van der Waals surface area contributed by atoms with Crippen LogP contribution in [0.1, 0.15) is 21.8 Å². The van der Waals surface area contributed by atoms with Crippen LogP contribution >= 0.6 is 34.5 Å². The minimum atomic E-state index is -4.52. The Morgan fingerprint density at radius 2 is 2.00 bits per heavy atom. The van der Waals surface area contributed by atoms with E-state index in [0.29, 0.717) is 25.5 Å². The van der Waals surface area contributed by atoms with Gasteiger partial charge in [0.1, 0.15) is 23.1 Å². The molecule has 0 atom stereocenters. The third-order valence-corrected chi connectivity index (χ3v) is 5.86. The predicted octanol–water partition coefficient (Wildman–Crippen LogP) is 6.14. The topological polar surface area (TPSA) is 59.4 Å². The second-order valence-electron chi connectivity index (χ2n) is 5.92. The van der Waals surface area contributed by atoms with Gasteiger partial charge in [0.05, 0.1) is 16.1 Å². The number of carboxylic acids is 1. The second-order valence-corrected chi connectivity index (χ2v) is 7.85. The third kappa shape index (κ3) is 4.34. The Kier molecular flexibility index (Phi) is 5.74. The summed E-state index contributed by atoms with van der Waals surface area (Å²) in [6, 6.07) is 5.35. The summed E-state index contributed by atoms with van der Waals surface area (Å²) < 4.78 is 44.4. The minimum Gasteiger partial charge on any atom is -0.487 e. The van der Waals surface area contributed by atoms with Crippen molar-refractivity contribution in [1.82, 2.24) is 4.98 Å². The van der Waals surface area contributed by atoms with E-state index in [-0.39, 0.29) is 29.5 Å². The van der Waals surface area contributed by atoms with Crippen molar-refractivity contribution in [3.63, 3.8) is 0 Å². The smallest absolute Gasteiger partial charge is 0.433 e. The maximum absolute atomic E-state index is 12.7. The Balaban J connectivity index is 1.87. The Morgan fingerprint density at radius 3 is 2.61 bits per heavy atom. The molecule has 0 aliphatic carbocycles. The number of alkyl halides is 3. The van der Waals surface area contributed by atoms with Crippen LogP contribution in [-0.4, -0.2) is 16.1 Å².